The number of hydrogen-bond acceptors (Lipinski definition) is 12. The molecule has 276 valence electrons. The van der Waals surface area contributed by atoms with E-state index < -0.39 is 79.4 Å². The fourth-order valence-corrected chi connectivity index (χ4v) is 6.63. The quantitative estimate of drug-likeness (QED) is 0.0942. The van der Waals surface area contributed by atoms with Crippen LogP contribution in [0, 0.1) is 5.92 Å². The van der Waals surface area contributed by atoms with Crippen molar-refractivity contribution in [2.45, 2.75) is 95.5 Å². The van der Waals surface area contributed by atoms with Crippen LogP contribution in [0.5, 0.6) is 0 Å². The Morgan fingerprint density at radius 2 is 1.42 bits per heavy atom. The van der Waals surface area contributed by atoms with Gasteiger partial charge in [-0.2, -0.15) is 0 Å². The minimum atomic E-state index is -1.23. The summed E-state index contributed by atoms with van der Waals surface area (Å²) in [6, 6.07) is 27.7. The predicted octanol–water partition coefficient (Wildman–Crippen LogP) is 5.55. The summed E-state index contributed by atoms with van der Waals surface area (Å²) in [7, 11) is 0. The Balaban J connectivity index is 1.29. The molecule has 3 aliphatic heterocycles. The highest BCUT2D eigenvalue weighted by atomic mass is 16.8. The lowest BCUT2D eigenvalue weighted by atomic mass is 9.88. The molecule has 0 bridgehead atoms. The zero-order chi connectivity index (χ0) is 36.5. The fourth-order valence-electron chi connectivity index (χ4n) is 6.63. The Hall–Kier alpha value is -4.37. The van der Waals surface area contributed by atoms with Crippen LogP contribution >= 0.6 is 0 Å². The number of azide groups is 1. The van der Waals surface area contributed by atoms with Crippen LogP contribution < -0.4 is 0 Å². The van der Waals surface area contributed by atoms with E-state index in [1.54, 1.807) is 0 Å². The van der Waals surface area contributed by atoms with Crippen LogP contribution in [0.4, 0.5) is 0 Å². The van der Waals surface area contributed by atoms with Crippen molar-refractivity contribution >= 4 is 11.9 Å². The molecule has 3 heterocycles. The van der Waals surface area contributed by atoms with E-state index in [0.29, 0.717) is 0 Å². The second kappa shape index (κ2) is 17.9. The molecule has 0 radical (unpaired) electrons. The molecule has 52 heavy (non-hydrogen) atoms. The summed E-state index contributed by atoms with van der Waals surface area (Å²) in [5.41, 5.74) is 12.1. The van der Waals surface area contributed by atoms with Gasteiger partial charge >= 0.3 is 11.9 Å². The Bertz CT molecular complexity index is 1650. The van der Waals surface area contributed by atoms with Crippen LogP contribution in [0.3, 0.4) is 0 Å². The normalized spacial score (nSPS) is 31.4. The molecule has 0 aromatic heterocycles. The van der Waals surface area contributed by atoms with Crippen molar-refractivity contribution in [3.63, 3.8) is 0 Å². The van der Waals surface area contributed by atoms with Crippen LogP contribution in [0.15, 0.2) is 96.1 Å². The highest BCUT2D eigenvalue weighted by molar-refractivity contribution is 5.66. The van der Waals surface area contributed by atoms with Gasteiger partial charge in [0.2, 0.25) is 0 Å². The Morgan fingerprint density at radius 1 is 0.788 bits per heavy atom. The van der Waals surface area contributed by atoms with Crippen LogP contribution in [-0.4, -0.2) is 80.4 Å². The molecule has 3 aromatic carbocycles. The lowest BCUT2D eigenvalue weighted by Crippen LogP contribution is -2.65. The third-order valence-corrected chi connectivity index (χ3v) is 9.14. The van der Waals surface area contributed by atoms with Gasteiger partial charge in [0.1, 0.15) is 31.0 Å². The monoisotopic (exact) mass is 717 g/mol. The van der Waals surface area contributed by atoms with Crippen molar-refractivity contribution < 1.29 is 52.2 Å². The van der Waals surface area contributed by atoms with Crippen LogP contribution in [0.1, 0.15) is 43.8 Å². The molecule has 0 N–H and O–H groups in total. The van der Waals surface area contributed by atoms with E-state index in [-0.39, 0.29) is 26.4 Å². The summed E-state index contributed by atoms with van der Waals surface area (Å²) in [5, 5.41) is 4.03. The third kappa shape index (κ3) is 9.34. The highest BCUT2D eigenvalue weighted by Crippen LogP contribution is 2.40. The molecule has 0 amide bonds. The van der Waals surface area contributed by atoms with Crippen molar-refractivity contribution in [1.29, 1.82) is 0 Å². The molecule has 0 saturated carbocycles. The van der Waals surface area contributed by atoms with Crippen molar-refractivity contribution in [1.82, 2.24) is 0 Å². The van der Waals surface area contributed by atoms with E-state index in [0.717, 1.165) is 16.7 Å². The number of fused-ring (bicyclic) bond motifs is 1. The Labute approximate surface area is 301 Å². The van der Waals surface area contributed by atoms with E-state index >= 15 is 0 Å². The van der Waals surface area contributed by atoms with Gasteiger partial charge < -0.3 is 42.6 Å². The average molecular weight is 718 g/mol. The van der Waals surface area contributed by atoms with Gasteiger partial charge in [-0.25, -0.2) is 0 Å². The van der Waals surface area contributed by atoms with Crippen molar-refractivity contribution in [3.8, 4) is 0 Å². The molecule has 3 fully saturated rings. The standard InChI is InChI=1S/C38H43N3O11/c1-23-31(40-41-39)37(46-20-27-15-9-5-10-16-27)49-29(21-44-24(2)42)32(23)51-38-35(48-25(3)43)34(45-19-26-13-7-4-8-14-26)33-30(50-38)22-47-36(52-33)28-17-11-6-12-18-28/h4-18,23,29-38H,19-22H2,1-3H3/t23-,29?,30?,31?,32+,33-,34?,35+,36?,37?,38+/m1/s1. The number of benzene rings is 3. The molecule has 14 heteroatoms. The first-order valence-corrected chi connectivity index (χ1v) is 17.2. The molecule has 0 spiro atoms. The predicted molar refractivity (Wildman–Crippen MR) is 183 cm³/mol. The molecule has 6 rings (SSSR count). The molecular formula is C38H43N3O11. The van der Waals surface area contributed by atoms with Gasteiger partial charge in [-0.05, 0) is 22.6 Å². The number of ether oxygens (including phenoxy) is 9. The maximum absolute atomic E-state index is 12.7. The first-order chi connectivity index (χ1) is 25.3. The molecule has 3 aromatic rings. The van der Waals surface area contributed by atoms with Crippen molar-refractivity contribution in [2.24, 2.45) is 11.0 Å². The molecule has 14 nitrogen and oxygen atoms in total. The van der Waals surface area contributed by atoms with E-state index in [1.807, 2.05) is 97.9 Å². The van der Waals surface area contributed by atoms with Crippen LogP contribution in [-0.2, 0) is 65.4 Å². The number of nitrogens with zero attached hydrogens (tertiary/aromatic N) is 3. The average Bonchev–Trinajstić information content (AvgIpc) is 3.16. The summed E-state index contributed by atoms with van der Waals surface area (Å²) >= 11 is 0. The van der Waals surface area contributed by atoms with Crippen molar-refractivity contribution in [2.75, 3.05) is 13.2 Å². The van der Waals surface area contributed by atoms with Crippen LogP contribution in [0.25, 0.3) is 10.4 Å². The molecule has 6 unspecified atom stereocenters. The first-order valence-electron chi connectivity index (χ1n) is 17.2. The number of carbonyl (C=O) groups is 2. The Morgan fingerprint density at radius 3 is 2.04 bits per heavy atom. The number of carbonyl (C=O) groups excluding carboxylic acids is 2. The third-order valence-electron chi connectivity index (χ3n) is 9.14. The molecule has 0 aliphatic carbocycles. The van der Waals surface area contributed by atoms with E-state index in [1.165, 1.54) is 13.8 Å². The Kier molecular flexibility index (Phi) is 12.9. The van der Waals surface area contributed by atoms with Gasteiger partial charge in [-0.1, -0.05) is 103 Å². The topological polar surface area (TPSA) is 166 Å². The van der Waals surface area contributed by atoms with Gasteiger partial charge in [-0.15, -0.1) is 0 Å². The molecule has 3 saturated heterocycles. The summed E-state index contributed by atoms with van der Waals surface area (Å²) in [4.78, 5) is 27.7. The van der Waals surface area contributed by atoms with Gasteiger partial charge in [-0.3, -0.25) is 9.59 Å². The zero-order valence-corrected chi connectivity index (χ0v) is 29.2. The minimum absolute atomic E-state index is 0.117. The SMILES string of the molecule is CC(=O)OCC1OC(OCc2ccccc2)C(N=[N+]=[N-])[C@@H](C)[C@@H]1O[C@@H]1OC2COC(c3ccccc3)O[C@H]2C(OCc2ccccc2)[C@@H]1OC(C)=O. The van der Waals surface area contributed by atoms with Crippen molar-refractivity contribution in [3.05, 3.63) is 118 Å². The lowest BCUT2D eigenvalue weighted by molar-refractivity contribution is -0.383. The molecular weight excluding hydrogens is 674 g/mol. The summed E-state index contributed by atoms with van der Waals surface area (Å²) < 4.78 is 56.1. The van der Waals surface area contributed by atoms with E-state index in [2.05, 4.69) is 10.0 Å². The zero-order valence-electron chi connectivity index (χ0n) is 29.2. The van der Waals surface area contributed by atoms with E-state index in [9.17, 15) is 15.1 Å². The van der Waals surface area contributed by atoms with Gasteiger partial charge in [0, 0.05) is 24.3 Å². The molecule has 11 atom stereocenters. The smallest absolute Gasteiger partial charge is 0.303 e. The minimum Gasteiger partial charge on any atom is -0.463 e. The maximum atomic E-state index is 12.7. The maximum Gasteiger partial charge on any atom is 0.303 e. The second-order valence-corrected chi connectivity index (χ2v) is 12.9. The summed E-state index contributed by atoms with van der Waals surface area (Å²) in [6.07, 6.45) is -8.15. The fraction of sp³-hybridized carbons (Fsp3) is 0.474. The summed E-state index contributed by atoms with van der Waals surface area (Å²) in [6.45, 7) is 4.67. The van der Waals surface area contributed by atoms with Crippen LogP contribution in [0.2, 0.25) is 0 Å². The first kappa shape index (κ1) is 37.4. The van der Waals surface area contributed by atoms with Gasteiger partial charge in [0.25, 0.3) is 0 Å². The number of rotatable bonds is 13. The van der Waals surface area contributed by atoms with Gasteiger partial charge in [0.05, 0.1) is 32.0 Å². The highest BCUT2D eigenvalue weighted by Gasteiger charge is 2.55. The van der Waals surface area contributed by atoms with Gasteiger partial charge in [0.15, 0.2) is 25.0 Å². The number of esters is 2. The molecule has 3 aliphatic rings. The summed E-state index contributed by atoms with van der Waals surface area (Å²) in [5.74, 6) is -1.68. The lowest BCUT2D eigenvalue weighted by Gasteiger charge is -2.50. The van der Waals surface area contributed by atoms with E-state index in [4.69, 9.17) is 42.6 Å². The number of hydrogen-bond donors (Lipinski definition) is 0. The second-order valence-electron chi connectivity index (χ2n) is 12.9. The largest absolute Gasteiger partial charge is 0.463 e.